The molecule has 38 heavy (non-hydrogen) atoms. The van der Waals surface area contributed by atoms with Gasteiger partial charge in [0.2, 0.25) is 5.95 Å². The zero-order chi connectivity index (χ0) is 26.4. The molecule has 0 atom stereocenters. The number of aliphatic hydroxyl groups is 1. The van der Waals surface area contributed by atoms with Crippen molar-refractivity contribution >= 4 is 28.5 Å². The van der Waals surface area contributed by atoms with Crippen molar-refractivity contribution in [3.8, 4) is 16.9 Å². The Morgan fingerprint density at radius 1 is 1.08 bits per heavy atom. The molecule has 4 heterocycles. The van der Waals surface area contributed by atoms with E-state index in [0.29, 0.717) is 23.2 Å². The number of hydrogen-bond acceptors (Lipinski definition) is 5. The normalized spacial score (nSPS) is 13.3. The van der Waals surface area contributed by atoms with Crippen LogP contribution in [0.1, 0.15) is 47.5 Å². The zero-order valence-corrected chi connectivity index (χ0v) is 22.7. The number of nitrogens with one attached hydrogen (secondary N) is 1. The van der Waals surface area contributed by atoms with Crippen molar-refractivity contribution in [3.05, 3.63) is 87.5 Å². The van der Waals surface area contributed by atoms with E-state index in [4.69, 9.17) is 16.7 Å². The lowest BCUT2D eigenvalue weighted by molar-refractivity contribution is 0.275. The molecule has 0 bridgehead atoms. The van der Waals surface area contributed by atoms with Crippen LogP contribution in [0.2, 0.25) is 5.02 Å². The lowest BCUT2D eigenvalue weighted by atomic mass is 9.97. The molecule has 2 aromatic carbocycles. The van der Waals surface area contributed by atoms with Gasteiger partial charge in [0.1, 0.15) is 0 Å². The van der Waals surface area contributed by atoms with E-state index in [0.717, 1.165) is 59.2 Å². The average Bonchev–Trinajstić information content (AvgIpc) is 3.59. The van der Waals surface area contributed by atoms with Crippen LogP contribution in [0.25, 0.3) is 27.8 Å². The fourth-order valence-electron chi connectivity index (χ4n) is 5.58. The summed E-state index contributed by atoms with van der Waals surface area (Å²) in [5, 5.41) is 16.8. The van der Waals surface area contributed by atoms with Gasteiger partial charge in [-0.2, -0.15) is 5.10 Å². The quantitative estimate of drug-likeness (QED) is 0.285. The summed E-state index contributed by atoms with van der Waals surface area (Å²) in [7, 11) is 0. The minimum atomic E-state index is -0.104. The predicted molar refractivity (Wildman–Crippen MR) is 152 cm³/mol. The molecule has 8 heteroatoms. The van der Waals surface area contributed by atoms with Gasteiger partial charge in [0.15, 0.2) is 0 Å². The second-order valence-electron chi connectivity index (χ2n) is 9.81. The molecule has 0 radical (unpaired) electrons. The smallest absolute Gasteiger partial charge is 0.225 e. The van der Waals surface area contributed by atoms with Crippen LogP contribution in [0.5, 0.6) is 0 Å². The van der Waals surface area contributed by atoms with Gasteiger partial charge in [-0.05, 0) is 48.6 Å². The van der Waals surface area contributed by atoms with Crippen LogP contribution >= 0.6 is 11.6 Å². The first-order valence-corrected chi connectivity index (χ1v) is 13.6. The molecule has 0 saturated heterocycles. The van der Waals surface area contributed by atoms with Gasteiger partial charge < -0.3 is 15.0 Å². The van der Waals surface area contributed by atoms with Gasteiger partial charge in [-0.15, -0.1) is 0 Å². The summed E-state index contributed by atoms with van der Waals surface area (Å²) in [6, 6.07) is 12.7. The van der Waals surface area contributed by atoms with Gasteiger partial charge in [-0.1, -0.05) is 49.7 Å². The minimum Gasteiger partial charge on any atom is -0.390 e. The highest BCUT2D eigenvalue weighted by Crippen LogP contribution is 2.40. The van der Waals surface area contributed by atoms with Crippen LogP contribution in [0.15, 0.2) is 48.8 Å². The molecule has 2 N–H and O–H groups in total. The molecule has 0 saturated carbocycles. The number of aromatic nitrogens is 5. The third-order valence-electron chi connectivity index (χ3n) is 7.63. The van der Waals surface area contributed by atoms with Gasteiger partial charge in [0, 0.05) is 48.4 Å². The Balaban J connectivity index is 1.59. The summed E-state index contributed by atoms with van der Waals surface area (Å²) in [4.78, 5) is 14.8. The van der Waals surface area contributed by atoms with E-state index in [-0.39, 0.29) is 6.61 Å². The van der Waals surface area contributed by atoms with Crippen molar-refractivity contribution in [2.75, 3.05) is 11.4 Å². The largest absolute Gasteiger partial charge is 0.390 e. The highest BCUT2D eigenvalue weighted by Gasteiger charge is 2.30. The van der Waals surface area contributed by atoms with Gasteiger partial charge in [-0.25, -0.2) is 14.6 Å². The van der Waals surface area contributed by atoms with Crippen LogP contribution in [0.4, 0.5) is 5.95 Å². The number of fused-ring (bicyclic) bond motifs is 2. The van der Waals surface area contributed by atoms with E-state index in [9.17, 15) is 5.11 Å². The summed E-state index contributed by atoms with van der Waals surface area (Å²) in [6.07, 6.45) is 6.34. The van der Waals surface area contributed by atoms with Gasteiger partial charge in [0.05, 0.1) is 39.9 Å². The second kappa shape index (κ2) is 9.89. The SMILES string of the molecule is CCc1cccc(CC)c1-n1nc2c(c1-c1ccc(Cl)c3[nH]ccc13)CN(c1ncc(C)c(CO)n1)CC2. The Morgan fingerprint density at radius 2 is 1.87 bits per heavy atom. The van der Waals surface area contributed by atoms with Gasteiger partial charge >= 0.3 is 0 Å². The Morgan fingerprint density at radius 3 is 2.61 bits per heavy atom. The number of para-hydroxylation sites is 1. The van der Waals surface area contributed by atoms with Crippen LogP contribution in [-0.4, -0.2) is 36.4 Å². The maximum Gasteiger partial charge on any atom is 0.225 e. The summed E-state index contributed by atoms with van der Waals surface area (Å²) >= 11 is 6.57. The Bertz CT molecular complexity index is 1630. The standard InChI is InChI=1S/C30H31ClN6O/c1-4-19-7-6-8-20(5-2)28(19)37-29(22-9-10-24(31)27-21(22)11-13-32-27)23-16-36(14-12-25(23)35-37)30-33-15-18(3)26(17-38)34-30/h6-11,13,15,32,38H,4-5,12,14,16-17H2,1-3H3. The van der Waals surface area contributed by atoms with E-state index >= 15 is 0 Å². The fraction of sp³-hybridized carbons (Fsp3) is 0.300. The first-order chi connectivity index (χ1) is 18.5. The summed E-state index contributed by atoms with van der Waals surface area (Å²) in [5.74, 6) is 0.634. The van der Waals surface area contributed by atoms with Crippen molar-refractivity contribution in [2.24, 2.45) is 0 Å². The lowest BCUT2D eigenvalue weighted by Gasteiger charge is -2.27. The molecule has 194 valence electrons. The maximum absolute atomic E-state index is 9.79. The molecular weight excluding hydrogens is 496 g/mol. The molecule has 0 spiro atoms. The van der Waals surface area contributed by atoms with Crippen molar-refractivity contribution < 1.29 is 5.11 Å². The number of H-pyrrole nitrogens is 1. The third-order valence-corrected chi connectivity index (χ3v) is 7.95. The zero-order valence-electron chi connectivity index (χ0n) is 21.9. The number of aliphatic hydroxyl groups excluding tert-OH is 1. The Hall–Kier alpha value is -3.68. The number of nitrogens with zero attached hydrogens (tertiary/aromatic N) is 5. The Labute approximate surface area is 227 Å². The molecule has 1 aliphatic heterocycles. The first-order valence-electron chi connectivity index (χ1n) is 13.2. The van der Waals surface area contributed by atoms with Crippen LogP contribution < -0.4 is 4.90 Å². The topological polar surface area (TPSA) is 82.9 Å². The highest BCUT2D eigenvalue weighted by molar-refractivity contribution is 6.35. The second-order valence-corrected chi connectivity index (χ2v) is 10.2. The van der Waals surface area contributed by atoms with E-state index in [1.807, 2.05) is 19.2 Å². The summed E-state index contributed by atoms with van der Waals surface area (Å²) in [6.45, 7) is 7.60. The fourth-order valence-corrected chi connectivity index (χ4v) is 5.80. The van der Waals surface area contributed by atoms with Gasteiger partial charge in [0.25, 0.3) is 0 Å². The third kappa shape index (κ3) is 3.97. The number of rotatable bonds is 6. The molecule has 0 aliphatic carbocycles. The number of halogens is 1. The van der Waals surface area contributed by atoms with Crippen molar-refractivity contribution in [1.29, 1.82) is 0 Å². The van der Waals surface area contributed by atoms with E-state index in [2.05, 4.69) is 68.7 Å². The molecule has 0 amide bonds. The van der Waals surface area contributed by atoms with E-state index < -0.39 is 0 Å². The minimum absolute atomic E-state index is 0.104. The van der Waals surface area contributed by atoms with Crippen LogP contribution in [0, 0.1) is 6.92 Å². The molecule has 1 aliphatic rings. The van der Waals surface area contributed by atoms with Crippen molar-refractivity contribution in [1.82, 2.24) is 24.7 Å². The number of aromatic amines is 1. The first kappa shape index (κ1) is 24.6. The average molecular weight is 527 g/mol. The number of hydrogen-bond donors (Lipinski definition) is 2. The molecule has 6 rings (SSSR count). The number of anilines is 1. The molecule has 0 unspecified atom stereocenters. The molecule has 3 aromatic heterocycles. The monoisotopic (exact) mass is 526 g/mol. The highest BCUT2D eigenvalue weighted by atomic mass is 35.5. The van der Waals surface area contributed by atoms with Crippen LogP contribution in [-0.2, 0) is 32.4 Å². The molecular formula is C30H31ClN6O. The molecule has 5 aromatic rings. The van der Waals surface area contributed by atoms with E-state index in [1.165, 1.54) is 22.4 Å². The van der Waals surface area contributed by atoms with Crippen molar-refractivity contribution in [2.45, 2.75) is 53.2 Å². The van der Waals surface area contributed by atoms with E-state index in [1.54, 1.807) is 6.20 Å². The summed E-state index contributed by atoms with van der Waals surface area (Å²) < 4.78 is 2.18. The van der Waals surface area contributed by atoms with Gasteiger partial charge in [-0.3, -0.25) is 0 Å². The number of benzene rings is 2. The van der Waals surface area contributed by atoms with Crippen molar-refractivity contribution in [3.63, 3.8) is 0 Å². The predicted octanol–water partition coefficient (Wildman–Crippen LogP) is 5.95. The summed E-state index contributed by atoms with van der Waals surface area (Å²) in [5.41, 5.74) is 10.6. The Kier molecular flexibility index (Phi) is 6.41. The molecule has 7 nitrogen and oxygen atoms in total. The lowest BCUT2D eigenvalue weighted by Crippen LogP contribution is -2.32. The number of aryl methyl sites for hydroxylation is 3. The molecule has 0 fully saturated rings. The van der Waals surface area contributed by atoms with Crippen LogP contribution in [0.3, 0.4) is 0 Å². The maximum atomic E-state index is 9.79.